The first kappa shape index (κ1) is 16.4. The van der Waals surface area contributed by atoms with Crippen molar-refractivity contribution in [3.05, 3.63) is 70.1 Å². The summed E-state index contributed by atoms with van der Waals surface area (Å²) in [6.07, 6.45) is 4.79. The number of anilines is 1. The van der Waals surface area contributed by atoms with Crippen LogP contribution in [0.5, 0.6) is 0 Å². The van der Waals surface area contributed by atoms with Crippen molar-refractivity contribution >= 4 is 40.3 Å². The predicted molar refractivity (Wildman–Crippen MR) is 101 cm³/mol. The molecule has 0 saturated heterocycles. The van der Waals surface area contributed by atoms with E-state index in [4.69, 9.17) is 4.42 Å². The van der Waals surface area contributed by atoms with Crippen molar-refractivity contribution in [2.45, 2.75) is 6.92 Å². The van der Waals surface area contributed by atoms with Gasteiger partial charge in [0.1, 0.15) is 11.6 Å². The van der Waals surface area contributed by atoms with Crippen molar-refractivity contribution in [3.8, 4) is 11.3 Å². The largest absolute Gasteiger partial charge is 0.451 e. The Hall–Kier alpha value is -2.48. The number of hydrogen-bond donors (Lipinski definition) is 1. The molecule has 3 aromatic rings. The zero-order valence-corrected chi connectivity index (χ0v) is 15.0. The van der Waals surface area contributed by atoms with Gasteiger partial charge in [-0.1, -0.05) is 12.1 Å². The highest BCUT2D eigenvalue weighted by Crippen LogP contribution is 2.20. The minimum atomic E-state index is -0.225. The third-order valence-electron chi connectivity index (χ3n) is 3.19. The van der Waals surface area contributed by atoms with Crippen LogP contribution >= 0.6 is 22.6 Å². The van der Waals surface area contributed by atoms with Crippen LogP contribution in [0.3, 0.4) is 0 Å². The number of carbonyl (C=O) groups excluding carboxylic acids is 1. The fourth-order valence-corrected chi connectivity index (χ4v) is 2.57. The number of benzene rings is 1. The number of aryl methyl sites for hydroxylation is 1. The van der Waals surface area contributed by atoms with E-state index in [1.165, 1.54) is 6.08 Å². The Morgan fingerprint density at radius 1 is 1.25 bits per heavy atom. The van der Waals surface area contributed by atoms with Gasteiger partial charge in [-0.15, -0.1) is 0 Å². The molecule has 2 aromatic heterocycles. The zero-order chi connectivity index (χ0) is 16.9. The van der Waals surface area contributed by atoms with E-state index in [0.29, 0.717) is 17.3 Å². The van der Waals surface area contributed by atoms with Crippen molar-refractivity contribution in [2.24, 2.45) is 0 Å². The number of nitrogens with one attached hydrogen (secondary N) is 1. The SMILES string of the molecule is Cc1nccc(-c2cccc(NC(=O)C=Cc3ccc(I)o3)c2)n1. The van der Waals surface area contributed by atoms with Crippen LogP contribution in [0.25, 0.3) is 17.3 Å². The maximum absolute atomic E-state index is 12.0. The molecule has 3 rings (SSSR count). The van der Waals surface area contributed by atoms with Gasteiger partial charge < -0.3 is 9.73 Å². The van der Waals surface area contributed by atoms with Gasteiger partial charge in [0.05, 0.1) is 5.69 Å². The predicted octanol–water partition coefficient (Wildman–Crippen LogP) is 4.30. The minimum Gasteiger partial charge on any atom is -0.451 e. The number of rotatable bonds is 4. The third-order valence-corrected chi connectivity index (χ3v) is 3.77. The van der Waals surface area contributed by atoms with Gasteiger partial charge in [0.15, 0.2) is 3.77 Å². The van der Waals surface area contributed by atoms with Crippen molar-refractivity contribution in [2.75, 3.05) is 5.32 Å². The zero-order valence-electron chi connectivity index (χ0n) is 12.9. The Balaban J connectivity index is 1.72. The van der Waals surface area contributed by atoms with Gasteiger partial charge in [0.2, 0.25) is 5.91 Å². The first-order valence-electron chi connectivity index (χ1n) is 7.25. The number of aromatic nitrogens is 2. The molecule has 1 N–H and O–H groups in total. The summed E-state index contributed by atoms with van der Waals surface area (Å²) in [5.41, 5.74) is 2.44. The Kier molecular flexibility index (Phi) is 5.05. The molecule has 6 heteroatoms. The van der Waals surface area contributed by atoms with Crippen LogP contribution in [0.2, 0.25) is 0 Å². The Morgan fingerprint density at radius 3 is 2.88 bits per heavy atom. The van der Waals surface area contributed by atoms with E-state index >= 15 is 0 Å². The minimum absolute atomic E-state index is 0.225. The molecular weight excluding hydrogens is 417 g/mol. The molecule has 0 atom stereocenters. The summed E-state index contributed by atoms with van der Waals surface area (Å²) in [6, 6.07) is 13.0. The second-order valence-electron chi connectivity index (χ2n) is 5.03. The van der Waals surface area contributed by atoms with Crippen molar-refractivity contribution in [1.29, 1.82) is 0 Å². The maximum atomic E-state index is 12.0. The van der Waals surface area contributed by atoms with Crippen molar-refractivity contribution in [1.82, 2.24) is 9.97 Å². The molecule has 0 unspecified atom stereocenters. The Labute approximate surface area is 153 Å². The quantitative estimate of drug-likeness (QED) is 0.494. The summed E-state index contributed by atoms with van der Waals surface area (Å²) < 4.78 is 6.16. The van der Waals surface area contributed by atoms with E-state index < -0.39 is 0 Å². The van der Waals surface area contributed by atoms with Gasteiger partial charge >= 0.3 is 0 Å². The summed E-state index contributed by atoms with van der Waals surface area (Å²) in [5, 5.41) is 2.83. The third kappa shape index (κ3) is 4.29. The first-order chi connectivity index (χ1) is 11.6. The van der Waals surface area contributed by atoms with Crippen LogP contribution in [0.4, 0.5) is 5.69 Å². The first-order valence-corrected chi connectivity index (χ1v) is 8.32. The number of hydrogen-bond acceptors (Lipinski definition) is 4. The van der Waals surface area contributed by atoms with Gasteiger partial charge in [-0.05, 0) is 65.9 Å². The average molecular weight is 431 g/mol. The van der Waals surface area contributed by atoms with Crippen molar-refractivity contribution < 1.29 is 9.21 Å². The highest BCUT2D eigenvalue weighted by molar-refractivity contribution is 14.1. The van der Waals surface area contributed by atoms with Crippen LogP contribution in [0.15, 0.2) is 59.2 Å². The standard InChI is InChI=1S/C18H14IN3O2/c1-12-20-10-9-16(21-12)13-3-2-4-14(11-13)22-18(23)8-6-15-5-7-17(19)24-15/h2-11H,1H3,(H,22,23). The highest BCUT2D eigenvalue weighted by atomic mass is 127. The van der Waals surface area contributed by atoms with Crippen molar-refractivity contribution in [3.63, 3.8) is 0 Å². The molecule has 0 radical (unpaired) electrons. The molecule has 0 bridgehead atoms. The molecule has 1 amide bonds. The van der Waals surface area contributed by atoms with Gasteiger partial charge in [-0.2, -0.15) is 0 Å². The summed E-state index contributed by atoms with van der Waals surface area (Å²) in [6.45, 7) is 1.84. The summed E-state index contributed by atoms with van der Waals surface area (Å²) >= 11 is 2.08. The highest BCUT2D eigenvalue weighted by Gasteiger charge is 2.04. The fraction of sp³-hybridized carbons (Fsp3) is 0.0556. The normalized spacial score (nSPS) is 10.9. The van der Waals surface area contributed by atoms with E-state index in [1.807, 2.05) is 49.4 Å². The lowest BCUT2D eigenvalue weighted by atomic mass is 10.1. The lowest BCUT2D eigenvalue weighted by Gasteiger charge is -2.06. The molecule has 120 valence electrons. The number of halogens is 1. The monoisotopic (exact) mass is 431 g/mol. The molecule has 24 heavy (non-hydrogen) atoms. The molecule has 2 heterocycles. The summed E-state index contributed by atoms with van der Waals surface area (Å²) in [7, 11) is 0. The van der Waals surface area contributed by atoms with Gasteiger partial charge in [-0.3, -0.25) is 4.79 Å². The Bertz CT molecular complexity index is 903. The molecule has 0 fully saturated rings. The topological polar surface area (TPSA) is 68.0 Å². The van der Waals surface area contributed by atoms with Gasteiger partial charge in [0.25, 0.3) is 0 Å². The van der Waals surface area contributed by atoms with Gasteiger partial charge in [-0.25, -0.2) is 9.97 Å². The Morgan fingerprint density at radius 2 is 2.12 bits per heavy atom. The maximum Gasteiger partial charge on any atom is 0.248 e. The van der Waals surface area contributed by atoms with E-state index in [1.54, 1.807) is 12.3 Å². The average Bonchev–Trinajstić information content (AvgIpc) is 2.99. The van der Waals surface area contributed by atoms with Crippen LogP contribution in [-0.2, 0) is 4.79 Å². The molecule has 0 spiro atoms. The van der Waals surface area contributed by atoms with Crippen LogP contribution < -0.4 is 5.32 Å². The lowest BCUT2D eigenvalue weighted by Crippen LogP contribution is -2.07. The molecular formula is C18H14IN3O2. The van der Waals surface area contributed by atoms with Crippen LogP contribution in [0, 0.1) is 10.7 Å². The van der Waals surface area contributed by atoms with E-state index in [2.05, 4.69) is 37.9 Å². The summed E-state index contributed by atoms with van der Waals surface area (Å²) in [4.78, 5) is 20.5. The van der Waals surface area contributed by atoms with Crippen LogP contribution in [0.1, 0.15) is 11.6 Å². The smallest absolute Gasteiger partial charge is 0.248 e. The lowest BCUT2D eigenvalue weighted by molar-refractivity contribution is -0.111. The number of furan rings is 1. The van der Waals surface area contributed by atoms with E-state index in [9.17, 15) is 4.79 Å². The van der Waals surface area contributed by atoms with E-state index in [0.717, 1.165) is 15.0 Å². The number of nitrogens with zero attached hydrogens (tertiary/aromatic N) is 2. The van der Waals surface area contributed by atoms with E-state index in [-0.39, 0.29) is 5.91 Å². The molecule has 0 saturated carbocycles. The number of amides is 1. The second-order valence-corrected chi connectivity index (χ2v) is 6.10. The molecule has 1 aromatic carbocycles. The fourth-order valence-electron chi connectivity index (χ4n) is 2.13. The molecule has 0 aliphatic carbocycles. The summed E-state index contributed by atoms with van der Waals surface area (Å²) in [5.74, 6) is 1.12. The molecule has 0 aliphatic rings. The number of carbonyl (C=O) groups is 1. The second kappa shape index (κ2) is 7.39. The molecule has 5 nitrogen and oxygen atoms in total. The van der Waals surface area contributed by atoms with Gasteiger partial charge in [0, 0.05) is 23.5 Å². The van der Waals surface area contributed by atoms with Crippen LogP contribution in [-0.4, -0.2) is 15.9 Å². The molecule has 0 aliphatic heterocycles.